The molecule has 5 rings (SSSR count). The van der Waals surface area contributed by atoms with Gasteiger partial charge in [-0.15, -0.1) is 0 Å². The quantitative estimate of drug-likeness (QED) is 0.450. The van der Waals surface area contributed by atoms with Crippen LogP contribution in [0.4, 0.5) is 4.39 Å². The summed E-state index contributed by atoms with van der Waals surface area (Å²) in [6.45, 7) is 5.65. The van der Waals surface area contributed by atoms with E-state index < -0.39 is 6.04 Å². The van der Waals surface area contributed by atoms with Gasteiger partial charge in [-0.3, -0.25) is 9.59 Å². The Kier molecular flexibility index (Phi) is 7.79. The third-order valence-electron chi connectivity index (χ3n) is 7.07. The molecule has 8 heteroatoms. The van der Waals surface area contributed by atoms with E-state index in [9.17, 15) is 14.0 Å². The van der Waals surface area contributed by atoms with Crippen LogP contribution in [0.1, 0.15) is 65.7 Å². The third kappa shape index (κ3) is 5.75. The maximum Gasteiger partial charge on any atom is 0.287 e. The van der Waals surface area contributed by atoms with Gasteiger partial charge in [0.15, 0.2) is 5.76 Å². The number of carbonyl (C=O) groups excluding carboxylic acids is 2. The smallest absolute Gasteiger partial charge is 0.287 e. The minimum Gasteiger partial charge on any atom is -0.486 e. The first kappa shape index (κ1) is 26.0. The summed E-state index contributed by atoms with van der Waals surface area (Å²) in [5, 5.41) is 2.85. The first-order chi connectivity index (χ1) is 18.4. The van der Waals surface area contributed by atoms with Crippen LogP contribution in [-0.2, 0) is 22.6 Å². The Balaban J connectivity index is 1.31. The number of nitrogens with zero attached hydrogens (tertiary/aromatic N) is 1. The second kappa shape index (κ2) is 11.4. The van der Waals surface area contributed by atoms with Crippen LogP contribution in [0.2, 0.25) is 0 Å². The van der Waals surface area contributed by atoms with Crippen LogP contribution in [0.3, 0.4) is 0 Å². The molecule has 2 aromatic carbocycles. The largest absolute Gasteiger partial charge is 0.486 e. The second-order valence-electron chi connectivity index (χ2n) is 10.2. The van der Waals surface area contributed by atoms with Crippen molar-refractivity contribution in [3.8, 4) is 5.75 Å². The average molecular weight is 521 g/mol. The zero-order valence-electron chi connectivity index (χ0n) is 21.7. The fourth-order valence-electron chi connectivity index (χ4n) is 5.12. The molecule has 38 heavy (non-hydrogen) atoms. The molecule has 3 aromatic rings. The first-order valence-corrected chi connectivity index (χ1v) is 13.2. The molecule has 7 nitrogen and oxygen atoms in total. The number of amides is 2. The molecule has 0 radical (unpaired) electrons. The zero-order chi connectivity index (χ0) is 26.6. The van der Waals surface area contributed by atoms with E-state index in [4.69, 9.17) is 13.9 Å². The zero-order valence-corrected chi connectivity index (χ0v) is 21.7. The van der Waals surface area contributed by atoms with Crippen molar-refractivity contribution >= 4 is 11.8 Å². The van der Waals surface area contributed by atoms with Crippen molar-refractivity contribution in [3.05, 3.63) is 88.6 Å². The Morgan fingerprint density at radius 2 is 2.03 bits per heavy atom. The Bertz CT molecular complexity index is 1300. The molecule has 1 aromatic heterocycles. The van der Waals surface area contributed by atoms with Gasteiger partial charge in [0.25, 0.3) is 5.91 Å². The van der Waals surface area contributed by atoms with Crippen molar-refractivity contribution in [2.45, 2.75) is 51.9 Å². The summed E-state index contributed by atoms with van der Waals surface area (Å²) in [6, 6.07) is 15.2. The lowest BCUT2D eigenvalue weighted by Gasteiger charge is -2.39. The van der Waals surface area contributed by atoms with E-state index in [2.05, 4.69) is 5.32 Å². The molecule has 0 unspecified atom stereocenters. The van der Waals surface area contributed by atoms with Gasteiger partial charge in [-0.1, -0.05) is 32.0 Å². The lowest BCUT2D eigenvalue weighted by Crippen LogP contribution is -2.42. The van der Waals surface area contributed by atoms with Crippen molar-refractivity contribution in [3.63, 3.8) is 0 Å². The average Bonchev–Trinajstić information content (AvgIpc) is 3.62. The van der Waals surface area contributed by atoms with E-state index in [1.54, 1.807) is 18.2 Å². The van der Waals surface area contributed by atoms with Crippen molar-refractivity contribution in [1.82, 2.24) is 10.2 Å². The fourth-order valence-corrected chi connectivity index (χ4v) is 5.12. The van der Waals surface area contributed by atoms with Crippen LogP contribution in [0.15, 0.2) is 59.0 Å². The van der Waals surface area contributed by atoms with Crippen LogP contribution in [0.5, 0.6) is 5.75 Å². The SMILES string of the molecule is CC(C)C(=O)N1CCc2ccc(OCc3ccc(C(=O)NC[C@H]4CCCO4)o3)cc2[C@H]1c1cccc(F)c1. The topological polar surface area (TPSA) is 81.0 Å². The van der Waals surface area contributed by atoms with Crippen LogP contribution in [0.25, 0.3) is 0 Å². The summed E-state index contributed by atoms with van der Waals surface area (Å²) in [7, 11) is 0. The molecule has 0 spiro atoms. The van der Waals surface area contributed by atoms with E-state index in [1.807, 2.05) is 43.0 Å². The summed E-state index contributed by atoms with van der Waals surface area (Å²) in [5.41, 5.74) is 2.74. The minimum absolute atomic E-state index is 0.0251. The number of halogens is 1. The van der Waals surface area contributed by atoms with Crippen LogP contribution >= 0.6 is 0 Å². The van der Waals surface area contributed by atoms with Crippen molar-refractivity contribution in [1.29, 1.82) is 0 Å². The first-order valence-electron chi connectivity index (χ1n) is 13.2. The molecule has 2 atom stereocenters. The molecule has 2 aliphatic heterocycles. The number of benzene rings is 2. The lowest BCUT2D eigenvalue weighted by atomic mass is 9.87. The van der Waals surface area contributed by atoms with Gasteiger partial charge in [-0.2, -0.15) is 0 Å². The van der Waals surface area contributed by atoms with Gasteiger partial charge in [0, 0.05) is 25.6 Å². The van der Waals surface area contributed by atoms with Gasteiger partial charge in [0.2, 0.25) is 5.91 Å². The van der Waals surface area contributed by atoms with E-state index in [0.29, 0.717) is 31.0 Å². The van der Waals surface area contributed by atoms with E-state index in [0.717, 1.165) is 36.1 Å². The number of carbonyl (C=O) groups is 2. The highest BCUT2D eigenvalue weighted by Gasteiger charge is 2.33. The molecule has 1 N–H and O–H groups in total. The van der Waals surface area contributed by atoms with Crippen LogP contribution in [0, 0.1) is 11.7 Å². The number of hydrogen-bond acceptors (Lipinski definition) is 5. The van der Waals surface area contributed by atoms with E-state index in [-0.39, 0.29) is 42.0 Å². The molecule has 3 heterocycles. The number of rotatable bonds is 8. The van der Waals surface area contributed by atoms with Gasteiger partial charge in [0.05, 0.1) is 12.1 Å². The van der Waals surface area contributed by atoms with E-state index in [1.165, 1.54) is 12.1 Å². The number of furan rings is 1. The molecule has 200 valence electrons. The van der Waals surface area contributed by atoms with Gasteiger partial charge >= 0.3 is 0 Å². The van der Waals surface area contributed by atoms with Crippen molar-refractivity contribution in [2.24, 2.45) is 5.92 Å². The van der Waals surface area contributed by atoms with Crippen molar-refractivity contribution < 1.29 is 27.9 Å². The van der Waals surface area contributed by atoms with Crippen molar-refractivity contribution in [2.75, 3.05) is 19.7 Å². The number of nitrogens with one attached hydrogen (secondary N) is 1. The molecule has 2 amide bonds. The molecular formula is C30H33FN2O5. The number of fused-ring (bicyclic) bond motifs is 1. The Morgan fingerprint density at radius 1 is 1.16 bits per heavy atom. The Labute approximate surface area is 221 Å². The minimum atomic E-state index is -0.407. The fraction of sp³-hybridized carbons (Fsp3) is 0.400. The molecular weight excluding hydrogens is 487 g/mol. The predicted molar refractivity (Wildman–Crippen MR) is 139 cm³/mol. The predicted octanol–water partition coefficient (Wildman–Crippen LogP) is 5.04. The Morgan fingerprint density at radius 3 is 2.79 bits per heavy atom. The normalized spacial score (nSPS) is 18.9. The summed E-state index contributed by atoms with van der Waals surface area (Å²) < 4.78 is 31.4. The standard InChI is InChI=1S/C30H33FN2O5/c1-19(2)30(35)33-13-12-20-8-9-23(16-26(20)28(33)21-5-3-6-22(31)15-21)37-18-25-10-11-27(38-25)29(34)32-17-24-7-4-14-36-24/h3,5-6,8-11,15-16,19,24,28H,4,7,12-14,17-18H2,1-2H3,(H,32,34)/t24-,28-/m1/s1. The number of ether oxygens (including phenoxy) is 2. The highest BCUT2D eigenvalue weighted by molar-refractivity contribution is 5.91. The number of hydrogen-bond donors (Lipinski definition) is 1. The summed E-state index contributed by atoms with van der Waals surface area (Å²) in [4.78, 5) is 27.4. The van der Waals surface area contributed by atoms with Gasteiger partial charge < -0.3 is 24.1 Å². The maximum atomic E-state index is 14.2. The molecule has 2 aliphatic rings. The summed E-state index contributed by atoms with van der Waals surface area (Å²) in [5.74, 6) is 0.565. The molecule has 1 saturated heterocycles. The molecule has 1 fully saturated rings. The summed E-state index contributed by atoms with van der Waals surface area (Å²) >= 11 is 0. The van der Waals surface area contributed by atoms with Gasteiger partial charge in [-0.05, 0) is 72.4 Å². The third-order valence-corrected chi connectivity index (χ3v) is 7.07. The monoisotopic (exact) mass is 520 g/mol. The van der Waals surface area contributed by atoms with Crippen LogP contribution in [-0.4, -0.2) is 42.5 Å². The van der Waals surface area contributed by atoms with Crippen LogP contribution < -0.4 is 10.1 Å². The van der Waals surface area contributed by atoms with Gasteiger partial charge in [-0.25, -0.2) is 4.39 Å². The maximum absolute atomic E-state index is 14.2. The highest BCUT2D eigenvalue weighted by Crippen LogP contribution is 2.38. The van der Waals surface area contributed by atoms with Gasteiger partial charge in [0.1, 0.15) is 23.9 Å². The molecule has 0 saturated carbocycles. The lowest BCUT2D eigenvalue weighted by molar-refractivity contribution is -0.136. The summed E-state index contributed by atoms with van der Waals surface area (Å²) in [6.07, 6.45) is 2.73. The Hall–Kier alpha value is -3.65. The second-order valence-corrected chi connectivity index (χ2v) is 10.2. The molecule has 0 aliphatic carbocycles. The highest BCUT2D eigenvalue weighted by atomic mass is 19.1. The molecule has 0 bridgehead atoms. The van der Waals surface area contributed by atoms with E-state index >= 15 is 0 Å².